The van der Waals surface area contributed by atoms with Gasteiger partial charge in [0.1, 0.15) is 0 Å². The summed E-state index contributed by atoms with van der Waals surface area (Å²) in [6, 6.07) is 12.5. The number of nitrogens with zero attached hydrogens (tertiary/aromatic N) is 2. The van der Waals surface area contributed by atoms with E-state index in [1.165, 1.54) is 0 Å². The highest BCUT2D eigenvalue weighted by atomic mass is 35.5. The maximum absolute atomic E-state index is 12.1. The van der Waals surface area contributed by atoms with Crippen LogP contribution in [0, 0.1) is 6.92 Å². The molecular weight excluding hydrogens is 381 g/mol. The predicted molar refractivity (Wildman–Crippen MR) is 100 cm³/mol. The van der Waals surface area contributed by atoms with Gasteiger partial charge in [0.25, 0.3) is 5.22 Å². The minimum Gasteiger partial charge on any atom is -0.411 e. The van der Waals surface area contributed by atoms with Gasteiger partial charge in [-0.25, -0.2) is 0 Å². The van der Waals surface area contributed by atoms with E-state index >= 15 is 0 Å². The van der Waals surface area contributed by atoms with Crippen LogP contribution in [0.1, 0.15) is 5.56 Å². The van der Waals surface area contributed by atoms with E-state index in [-0.39, 0.29) is 11.7 Å². The van der Waals surface area contributed by atoms with Gasteiger partial charge < -0.3 is 9.73 Å². The molecule has 5 nitrogen and oxygen atoms in total. The highest BCUT2D eigenvalue weighted by Gasteiger charge is 2.14. The van der Waals surface area contributed by atoms with Crippen LogP contribution in [-0.4, -0.2) is 21.9 Å². The van der Waals surface area contributed by atoms with Crippen molar-refractivity contribution in [3.63, 3.8) is 0 Å². The van der Waals surface area contributed by atoms with E-state index in [9.17, 15) is 4.79 Å². The summed E-state index contributed by atoms with van der Waals surface area (Å²) in [5.41, 5.74) is 2.16. The molecule has 1 amide bonds. The standard InChI is InChI=1S/C17H13Cl2N3O2S/c1-10-12(18)7-4-8-14(10)20-15(23)9-25-17-22-21-16(24-17)11-5-2-3-6-13(11)19/h2-8H,9H2,1H3,(H,20,23). The molecule has 0 fully saturated rings. The molecule has 0 aliphatic rings. The van der Waals surface area contributed by atoms with Crippen LogP contribution in [0.15, 0.2) is 52.1 Å². The van der Waals surface area contributed by atoms with Crippen molar-refractivity contribution in [2.75, 3.05) is 11.1 Å². The Labute approximate surface area is 158 Å². The summed E-state index contributed by atoms with van der Waals surface area (Å²) in [4.78, 5) is 12.1. The van der Waals surface area contributed by atoms with E-state index in [1.807, 2.05) is 19.1 Å². The Morgan fingerprint density at radius 1 is 1.12 bits per heavy atom. The Balaban J connectivity index is 1.62. The zero-order chi connectivity index (χ0) is 17.8. The third kappa shape index (κ3) is 4.34. The third-order valence-electron chi connectivity index (χ3n) is 3.38. The SMILES string of the molecule is Cc1c(Cl)cccc1NC(=O)CSc1nnc(-c2ccccc2Cl)o1. The van der Waals surface area contributed by atoms with E-state index < -0.39 is 0 Å². The summed E-state index contributed by atoms with van der Waals surface area (Å²) < 4.78 is 5.55. The third-order valence-corrected chi connectivity index (χ3v) is 4.94. The molecule has 0 bridgehead atoms. The van der Waals surface area contributed by atoms with Gasteiger partial charge in [0.2, 0.25) is 11.8 Å². The first-order valence-electron chi connectivity index (χ1n) is 7.31. The van der Waals surface area contributed by atoms with Crippen molar-refractivity contribution in [1.82, 2.24) is 10.2 Å². The number of halogens is 2. The summed E-state index contributed by atoms with van der Waals surface area (Å²) in [6.07, 6.45) is 0. The van der Waals surface area contributed by atoms with Crippen LogP contribution >= 0.6 is 35.0 Å². The zero-order valence-corrected chi connectivity index (χ0v) is 15.5. The molecule has 8 heteroatoms. The maximum atomic E-state index is 12.1. The van der Waals surface area contributed by atoms with Crippen LogP contribution in [0.5, 0.6) is 0 Å². The molecule has 2 aromatic carbocycles. The van der Waals surface area contributed by atoms with Gasteiger partial charge in [-0.05, 0) is 36.8 Å². The number of nitrogens with one attached hydrogen (secondary N) is 1. The first kappa shape index (κ1) is 17.8. The minimum atomic E-state index is -0.187. The highest BCUT2D eigenvalue weighted by molar-refractivity contribution is 7.99. The van der Waals surface area contributed by atoms with E-state index in [4.69, 9.17) is 27.6 Å². The van der Waals surface area contributed by atoms with E-state index in [0.29, 0.717) is 32.4 Å². The molecule has 0 saturated heterocycles. The van der Waals surface area contributed by atoms with Crippen LogP contribution in [0.25, 0.3) is 11.5 Å². The molecule has 1 aromatic heterocycles. The molecule has 0 spiro atoms. The van der Waals surface area contributed by atoms with Crippen molar-refractivity contribution in [3.05, 3.63) is 58.1 Å². The number of benzene rings is 2. The summed E-state index contributed by atoms with van der Waals surface area (Å²) in [7, 11) is 0. The Bertz CT molecular complexity index is 914. The van der Waals surface area contributed by atoms with Gasteiger partial charge in [-0.3, -0.25) is 4.79 Å². The fraction of sp³-hybridized carbons (Fsp3) is 0.118. The molecule has 128 valence electrons. The lowest BCUT2D eigenvalue weighted by molar-refractivity contribution is -0.113. The maximum Gasteiger partial charge on any atom is 0.277 e. The van der Waals surface area contributed by atoms with Crippen LogP contribution in [0.3, 0.4) is 0 Å². The Kier molecular flexibility index (Phi) is 5.63. The van der Waals surface area contributed by atoms with Crippen molar-refractivity contribution in [2.45, 2.75) is 12.1 Å². The predicted octanol–water partition coefficient (Wildman–Crippen LogP) is 5.08. The number of hydrogen-bond donors (Lipinski definition) is 1. The largest absolute Gasteiger partial charge is 0.411 e. The summed E-state index contributed by atoms with van der Waals surface area (Å²) in [5, 5.41) is 12.1. The molecule has 3 aromatic rings. The Morgan fingerprint density at radius 2 is 1.88 bits per heavy atom. The molecule has 0 atom stereocenters. The molecule has 0 saturated carbocycles. The van der Waals surface area contributed by atoms with E-state index in [1.54, 1.807) is 30.3 Å². The number of rotatable bonds is 5. The Hall–Kier alpha value is -2.02. The van der Waals surface area contributed by atoms with Crippen molar-refractivity contribution in [2.24, 2.45) is 0 Å². The van der Waals surface area contributed by atoms with Gasteiger partial charge in [-0.2, -0.15) is 0 Å². The van der Waals surface area contributed by atoms with Crippen LogP contribution in [0.2, 0.25) is 10.0 Å². The summed E-state index contributed by atoms with van der Waals surface area (Å²) in [5.74, 6) is 0.267. The molecule has 1 heterocycles. The van der Waals surface area contributed by atoms with Crippen molar-refractivity contribution in [3.8, 4) is 11.5 Å². The monoisotopic (exact) mass is 393 g/mol. The smallest absolute Gasteiger partial charge is 0.277 e. The Morgan fingerprint density at radius 3 is 2.68 bits per heavy atom. The van der Waals surface area contributed by atoms with Crippen LogP contribution in [0.4, 0.5) is 5.69 Å². The minimum absolute atomic E-state index is 0.135. The average Bonchev–Trinajstić information content (AvgIpc) is 3.06. The lowest BCUT2D eigenvalue weighted by atomic mass is 10.2. The van der Waals surface area contributed by atoms with Crippen molar-refractivity contribution in [1.29, 1.82) is 0 Å². The van der Waals surface area contributed by atoms with Gasteiger partial charge in [-0.1, -0.05) is 53.2 Å². The fourth-order valence-corrected chi connectivity index (χ4v) is 3.02. The lowest BCUT2D eigenvalue weighted by Crippen LogP contribution is -2.14. The average molecular weight is 394 g/mol. The van der Waals surface area contributed by atoms with E-state index in [2.05, 4.69) is 15.5 Å². The molecule has 0 aliphatic carbocycles. The van der Waals surface area contributed by atoms with Crippen LogP contribution in [-0.2, 0) is 4.79 Å². The first-order chi connectivity index (χ1) is 12.0. The van der Waals surface area contributed by atoms with Crippen molar-refractivity contribution < 1.29 is 9.21 Å². The second-order valence-corrected chi connectivity index (χ2v) is 6.84. The van der Waals surface area contributed by atoms with Crippen LogP contribution < -0.4 is 5.32 Å². The number of carbonyl (C=O) groups is 1. The molecule has 25 heavy (non-hydrogen) atoms. The second kappa shape index (κ2) is 7.91. The summed E-state index contributed by atoms with van der Waals surface area (Å²) in [6.45, 7) is 1.85. The first-order valence-corrected chi connectivity index (χ1v) is 9.05. The summed E-state index contributed by atoms with van der Waals surface area (Å²) >= 11 is 13.3. The zero-order valence-electron chi connectivity index (χ0n) is 13.1. The molecule has 0 unspecified atom stereocenters. The van der Waals surface area contributed by atoms with Gasteiger partial charge in [0, 0.05) is 10.7 Å². The fourth-order valence-electron chi connectivity index (χ4n) is 2.07. The number of anilines is 1. The lowest BCUT2D eigenvalue weighted by Gasteiger charge is -2.08. The van der Waals surface area contributed by atoms with Gasteiger partial charge >= 0.3 is 0 Å². The van der Waals surface area contributed by atoms with Gasteiger partial charge in [0.05, 0.1) is 16.3 Å². The molecular formula is C17H13Cl2N3O2S. The molecule has 0 radical (unpaired) electrons. The second-order valence-electron chi connectivity index (χ2n) is 5.10. The molecule has 3 rings (SSSR count). The number of hydrogen-bond acceptors (Lipinski definition) is 5. The van der Waals surface area contributed by atoms with Gasteiger partial charge in [0.15, 0.2) is 0 Å². The topological polar surface area (TPSA) is 68.0 Å². The highest BCUT2D eigenvalue weighted by Crippen LogP contribution is 2.29. The normalized spacial score (nSPS) is 10.7. The number of thioether (sulfide) groups is 1. The van der Waals surface area contributed by atoms with Crippen molar-refractivity contribution >= 4 is 46.6 Å². The van der Waals surface area contributed by atoms with E-state index in [0.717, 1.165) is 17.3 Å². The molecule has 0 aliphatic heterocycles. The number of amides is 1. The van der Waals surface area contributed by atoms with Gasteiger partial charge in [-0.15, -0.1) is 10.2 Å². The molecule has 1 N–H and O–H groups in total. The number of carbonyl (C=O) groups excluding carboxylic acids is 1. The number of aromatic nitrogens is 2. The quantitative estimate of drug-likeness (QED) is 0.611.